The Kier molecular flexibility index (Phi) is 4.49. The lowest BCUT2D eigenvalue weighted by Crippen LogP contribution is -2.32. The molecule has 0 saturated carbocycles. The quantitative estimate of drug-likeness (QED) is 0.768. The molecule has 0 bridgehead atoms. The third kappa shape index (κ3) is 4.08. The number of aromatic nitrogens is 2. The largest absolute Gasteiger partial charge is 0.444 e. The summed E-state index contributed by atoms with van der Waals surface area (Å²) in [5, 5.41) is 3.67. The fourth-order valence-electron chi connectivity index (χ4n) is 2.15. The first kappa shape index (κ1) is 16.4. The molecule has 6 heteroatoms. The molecule has 0 atom stereocenters. The first-order valence-corrected chi connectivity index (χ1v) is 8.50. The molecular formula is C18H19N3O2S. The van der Waals surface area contributed by atoms with Crippen LogP contribution < -0.4 is 5.32 Å². The summed E-state index contributed by atoms with van der Waals surface area (Å²) in [6.45, 7) is 5.80. The molecule has 1 N–H and O–H groups in total. The van der Waals surface area contributed by atoms with Crippen LogP contribution in [-0.2, 0) is 11.3 Å². The Hall–Kier alpha value is -2.47. The average molecular weight is 341 g/mol. The van der Waals surface area contributed by atoms with Crippen molar-refractivity contribution in [2.75, 3.05) is 0 Å². The van der Waals surface area contributed by atoms with Crippen molar-refractivity contribution < 1.29 is 9.53 Å². The Morgan fingerprint density at radius 3 is 2.71 bits per heavy atom. The summed E-state index contributed by atoms with van der Waals surface area (Å²) in [6.07, 6.45) is 1.35. The summed E-state index contributed by atoms with van der Waals surface area (Å²) in [6, 6.07) is 12.0. The highest BCUT2D eigenvalue weighted by molar-refractivity contribution is 7.21. The van der Waals surface area contributed by atoms with Gasteiger partial charge in [-0.15, -0.1) is 11.3 Å². The van der Waals surface area contributed by atoms with Crippen LogP contribution in [0.1, 0.15) is 26.5 Å². The summed E-state index contributed by atoms with van der Waals surface area (Å²) in [5.74, 6) is 0. The molecule has 124 valence electrons. The standard InChI is InChI=1S/C18H19N3O2S/c1-18(2,3)23-17(22)20-10-13-9-14-15(11-19-13)24-16(21-14)12-7-5-4-6-8-12/h4-9,11H,10H2,1-3H3,(H,20,22). The number of nitrogens with one attached hydrogen (secondary N) is 1. The van der Waals surface area contributed by atoms with Gasteiger partial charge in [0.2, 0.25) is 0 Å². The van der Waals surface area contributed by atoms with E-state index in [-0.39, 0.29) is 0 Å². The minimum absolute atomic E-state index is 0.309. The van der Waals surface area contributed by atoms with Gasteiger partial charge in [0.05, 0.1) is 22.5 Å². The Balaban J connectivity index is 1.73. The fraction of sp³-hybridized carbons (Fsp3) is 0.278. The van der Waals surface area contributed by atoms with Crippen LogP contribution in [0.25, 0.3) is 20.8 Å². The van der Waals surface area contributed by atoms with Gasteiger partial charge >= 0.3 is 6.09 Å². The smallest absolute Gasteiger partial charge is 0.407 e. The Morgan fingerprint density at radius 1 is 1.25 bits per heavy atom. The highest BCUT2D eigenvalue weighted by Crippen LogP contribution is 2.29. The third-order valence-corrected chi connectivity index (χ3v) is 4.22. The van der Waals surface area contributed by atoms with Gasteiger partial charge in [-0.1, -0.05) is 30.3 Å². The van der Waals surface area contributed by atoms with Gasteiger partial charge in [0.25, 0.3) is 0 Å². The lowest BCUT2D eigenvalue weighted by atomic mass is 10.2. The summed E-state index contributed by atoms with van der Waals surface area (Å²) in [7, 11) is 0. The molecule has 0 fully saturated rings. The average Bonchev–Trinajstić information content (AvgIpc) is 2.95. The summed E-state index contributed by atoms with van der Waals surface area (Å²) in [4.78, 5) is 20.8. The maximum Gasteiger partial charge on any atom is 0.407 e. The van der Waals surface area contributed by atoms with Crippen LogP contribution in [0.15, 0.2) is 42.6 Å². The van der Waals surface area contributed by atoms with Gasteiger partial charge < -0.3 is 10.1 Å². The maximum atomic E-state index is 11.7. The Morgan fingerprint density at radius 2 is 2.00 bits per heavy atom. The van der Waals surface area contributed by atoms with E-state index in [0.717, 1.165) is 26.5 Å². The second-order valence-corrected chi connectivity index (χ2v) is 7.41. The van der Waals surface area contributed by atoms with Crippen LogP contribution in [-0.4, -0.2) is 21.7 Å². The molecule has 2 aromatic heterocycles. The number of hydrogen-bond acceptors (Lipinski definition) is 5. The first-order chi connectivity index (χ1) is 11.4. The van der Waals surface area contributed by atoms with Crippen molar-refractivity contribution in [2.24, 2.45) is 0 Å². The van der Waals surface area contributed by atoms with Crippen LogP contribution in [0.3, 0.4) is 0 Å². The van der Waals surface area contributed by atoms with Crippen molar-refractivity contribution in [3.63, 3.8) is 0 Å². The molecule has 0 aliphatic rings. The number of ether oxygens (including phenoxy) is 1. The molecule has 0 aliphatic carbocycles. The Bertz CT molecular complexity index is 854. The number of carbonyl (C=O) groups is 1. The Labute approximate surface area is 144 Å². The van der Waals surface area contributed by atoms with Crippen molar-refractivity contribution in [1.82, 2.24) is 15.3 Å². The van der Waals surface area contributed by atoms with E-state index >= 15 is 0 Å². The number of amides is 1. The highest BCUT2D eigenvalue weighted by atomic mass is 32.1. The van der Waals surface area contributed by atoms with Crippen LogP contribution in [0.4, 0.5) is 4.79 Å². The van der Waals surface area contributed by atoms with Crippen molar-refractivity contribution in [3.8, 4) is 10.6 Å². The van der Waals surface area contributed by atoms with E-state index in [1.807, 2.05) is 57.2 Å². The SMILES string of the molecule is CC(C)(C)OC(=O)NCc1cc2nc(-c3ccccc3)sc2cn1. The number of benzene rings is 1. The number of alkyl carbamates (subject to hydrolysis) is 1. The zero-order valence-electron chi connectivity index (χ0n) is 13.9. The van der Waals surface area contributed by atoms with E-state index in [0.29, 0.717) is 6.54 Å². The van der Waals surface area contributed by atoms with Gasteiger partial charge in [-0.3, -0.25) is 4.98 Å². The predicted molar refractivity (Wildman–Crippen MR) is 95.9 cm³/mol. The molecule has 0 spiro atoms. The van der Waals surface area contributed by atoms with E-state index in [2.05, 4.69) is 15.3 Å². The van der Waals surface area contributed by atoms with Crippen LogP contribution in [0, 0.1) is 0 Å². The summed E-state index contributed by atoms with van der Waals surface area (Å²) in [5.41, 5.74) is 2.21. The van der Waals surface area contributed by atoms with Gasteiger partial charge in [-0.25, -0.2) is 9.78 Å². The third-order valence-electron chi connectivity index (χ3n) is 3.17. The molecule has 3 aromatic rings. The predicted octanol–water partition coefficient (Wildman–Crippen LogP) is 4.38. The lowest BCUT2D eigenvalue weighted by Gasteiger charge is -2.19. The van der Waals surface area contributed by atoms with Gasteiger partial charge in [0.1, 0.15) is 10.6 Å². The minimum atomic E-state index is -0.513. The molecule has 1 amide bonds. The van der Waals surface area contributed by atoms with E-state index in [4.69, 9.17) is 4.74 Å². The van der Waals surface area contributed by atoms with Crippen molar-refractivity contribution in [1.29, 1.82) is 0 Å². The lowest BCUT2D eigenvalue weighted by molar-refractivity contribution is 0.0523. The normalized spacial score (nSPS) is 11.5. The highest BCUT2D eigenvalue weighted by Gasteiger charge is 2.16. The monoisotopic (exact) mass is 341 g/mol. The van der Waals surface area contributed by atoms with Crippen molar-refractivity contribution in [3.05, 3.63) is 48.3 Å². The zero-order valence-corrected chi connectivity index (χ0v) is 14.7. The van der Waals surface area contributed by atoms with Gasteiger partial charge in [0.15, 0.2) is 0 Å². The molecule has 3 rings (SSSR count). The van der Waals surface area contributed by atoms with E-state index in [1.165, 1.54) is 0 Å². The topological polar surface area (TPSA) is 64.1 Å². The number of hydrogen-bond donors (Lipinski definition) is 1. The van der Waals surface area contributed by atoms with Gasteiger partial charge in [-0.2, -0.15) is 0 Å². The molecule has 5 nitrogen and oxygen atoms in total. The molecular weight excluding hydrogens is 322 g/mol. The van der Waals surface area contributed by atoms with E-state index in [9.17, 15) is 4.79 Å². The van der Waals surface area contributed by atoms with Gasteiger partial charge in [-0.05, 0) is 26.8 Å². The van der Waals surface area contributed by atoms with E-state index < -0.39 is 11.7 Å². The molecule has 0 aliphatic heterocycles. The maximum absolute atomic E-state index is 11.7. The number of nitrogens with zero attached hydrogens (tertiary/aromatic N) is 2. The first-order valence-electron chi connectivity index (χ1n) is 7.68. The van der Waals surface area contributed by atoms with Crippen LogP contribution in [0.5, 0.6) is 0 Å². The van der Waals surface area contributed by atoms with Crippen LogP contribution in [0.2, 0.25) is 0 Å². The van der Waals surface area contributed by atoms with E-state index in [1.54, 1.807) is 17.5 Å². The summed E-state index contributed by atoms with van der Waals surface area (Å²) < 4.78 is 6.24. The molecule has 1 aromatic carbocycles. The zero-order chi connectivity index (χ0) is 17.2. The number of rotatable bonds is 3. The molecule has 0 radical (unpaired) electrons. The number of fused-ring (bicyclic) bond motifs is 1. The molecule has 0 saturated heterocycles. The second kappa shape index (κ2) is 6.57. The molecule has 24 heavy (non-hydrogen) atoms. The molecule has 0 unspecified atom stereocenters. The number of carbonyl (C=O) groups excluding carboxylic acids is 1. The fourth-order valence-corrected chi connectivity index (χ4v) is 3.07. The van der Waals surface area contributed by atoms with Crippen molar-refractivity contribution in [2.45, 2.75) is 32.9 Å². The summed E-state index contributed by atoms with van der Waals surface area (Å²) >= 11 is 1.61. The van der Waals surface area contributed by atoms with Crippen molar-refractivity contribution >= 4 is 27.6 Å². The van der Waals surface area contributed by atoms with Gasteiger partial charge in [0, 0.05) is 11.8 Å². The second-order valence-electron chi connectivity index (χ2n) is 6.38. The molecule has 2 heterocycles. The van der Waals surface area contributed by atoms with Crippen LogP contribution >= 0.6 is 11.3 Å². The minimum Gasteiger partial charge on any atom is -0.444 e. The number of pyridine rings is 1. The number of thiazole rings is 1.